The number of pyridine rings is 1. The van der Waals surface area contributed by atoms with Gasteiger partial charge in [-0.3, -0.25) is 9.78 Å². The van der Waals surface area contributed by atoms with Gasteiger partial charge in [0.2, 0.25) is 5.91 Å². The van der Waals surface area contributed by atoms with Crippen LogP contribution in [0.3, 0.4) is 0 Å². The predicted octanol–water partition coefficient (Wildman–Crippen LogP) is 2.14. The topological polar surface area (TPSA) is 33.2 Å². The number of likely N-dealkylation sites (tertiary alicyclic amines) is 1. The Bertz CT molecular complexity index is 355. The van der Waals surface area contributed by atoms with E-state index in [0.717, 1.165) is 12.1 Å². The zero-order chi connectivity index (χ0) is 10.8. The normalized spacial score (nSPS) is 23.2. The molecule has 1 aromatic rings. The summed E-state index contributed by atoms with van der Waals surface area (Å²) < 4.78 is 0. The van der Waals surface area contributed by atoms with Crippen LogP contribution in [0.1, 0.15) is 24.9 Å². The maximum Gasteiger partial charge on any atom is 0.224 e. The number of carbonyl (C=O) groups excluding carboxylic acids is 1. The lowest BCUT2D eigenvalue weighted by Gasteiger charge is -2.24. The maximum atomic E-state index is 11.7. The molecular weight excluding hydrogens is 256 g/mol. The molecule has 0 N–H and O–H groups in total. The first-order valence-electron chi connectivity index (χ1n) is 5.02. The SMILES string of the molecule is CC(c1cccnc1)N1CC(Br)CC1=O. The molecule has 3 nitrogen and oxygen atoms in total. The summed E-state index contributed by atoms with van der Waals surface area (Å²) in [5, 5.41) is 0. The van der Waals surface area contributed by atoms with Crippen LogP contribution in [-0.2, 0) is 4.79 Å². The number of nitrogens with zero attached hydrogens (tertiary/aromatic N) is 2. The van der Waals surface area contributed by atoms with E-state index in [2.05, 4.69) is 20.9 Å². The summed E-state index contributed by atoms with van der Waals surface area (Å²) in [7, 11) is 0. The van der Waals surface area contributed by atoms with Crippen LogP contribution in [0.4, 0.5) is 0 Å². The van der Waals surface area contributed by atoms with E-state index in [4.69, 9.17) is 0 Å². The fraction of sp³-hybridized carbons (Fsp3) is 0.455. The summed E-state index contributed by atoms with van der Waals surface area (Å²) in [6.45, 7) is 2.83. The molecule has 1 saturated heterocycles. The molecule has 15 heavy (non-hydrogen) atoms. The standard InChI is InChI=1S/C11H13BrN2O/c1-8(9-3-2-4-13-6-9)14-7-10(12)5-11(14)15/h2-4,6,8,10H,5,7H2,1H3. The average Bonchev–Trinajstić information content (AvgIpc) is 2.58. The maximum absolute atomic E-state index is 11.7. The first-order chi connectivity index (χ1) is 7.18. The van der Waals surface area contributed by atoms with E-state index in [1.54, 1.807) is 6.20 Å². The highest BCUT2D eigenvalue weighted by atomic mass is 79.9. The van der Waals surface area contributed by atoms with Crippen molar-refractivity contribution in [1.82, 2.24) is 9.88 Å². The molecule has 1 aromatic heterocycles. The van der Waals surface area contributed by atoms with Gasteiger partial charge in [0.05, 0.1) is 6.04 Å². The van der Waals surface area contributed by atoms with Crippen molar-refractivity contribution in [3.05, 3.63) is 30.1 Å². The van der Waals surface area contributed by atoms with E-state index in [1.807, 2.05) is 30.2 Å². The Morgan fingerprint density at radius 3 is 3.00 bits per heavy atom. The lowest BCUT2D eigenvalue weighted by atomic mass is 10.1. The molecule has 2 unspecified atom stereocenters. The van der Waals surface area contributed by atoms with Gasteiger partial charge in [-0.25, -0.2) is 0 Å². The third-order valence-corrected chi connectivity index (χ3v) is 3.36. The first kappa shape index (κ1) is 10.6. The van der Waals surface area contributed by atoms with Crippen LogP contribution < -0.4 is 0 Å². The van der Waals surface area contributed by atoms with Crippen LogP contribution in [0, 0.1) is 0 Å². The molecule has 1 amide bonds. The Balaban J connectivity index is 2.15. The van der Waals surface area contributed by atoms with E-state index in [1.165, 1.54) is 0 Å². The number of amides is 1. The van der Waals surface area contributed by atoms with Gasteiger partial charge in [-0.05, 0) is 18.6 Å². The van der Waals surface area contributed by atoms with Crippen LogP contribution in [0.5, 0.6) is 0 Å². The molecule has 80 valence electrons. The number of aromatic nitrogens is 1. The van der Waals surface area contributed by atoms with Gasteiger partial charge in [0.1, 0.15) is 0 Å². The van der Waals surface area contributed by atoms with Crippen molar-refractivity contribution in [2.24, 2.45) is 0 Å². The number of hydrogen-bond donors (Lipinski definition) is 0. The summed E-state index contributed by atoms with van der Waals surface area (Å²) in [6.07, 6.45) is 4.17. The van der Waals surface area contributed by atoms with E-state index in [0.29, 0.717) is 11.2 Å². The molecule has 0 spiro atoms. The zero-order valence-electron chi connectivity index (χ0n) is 8.56. The molecule has 1 aliphatic heterocycles. The minimum atomic E-state index is 0.119. The van der Waals surface area contributed by atoms with Gasteiger partial charge in [-0.15, -0.1) is 0 Å². The van der Waals surface area contributed by atoms with Crippen LogP contribution in [0.25, 0.3) is 0 Å². The molecule has 2 rings (SSSR count). The van der Waals surface area contributed by atoms with Gasteiger partial charge in [0.25, 0.3) is 0 Å². The first-order valence-corrected chi connectivity index (χ1v) is 5.93. The second kappa shape index (κ2) is 4.31. The molecule has 0 aromatic carbocycles. The van der Waals surface area contributed by atoms with E-state index in [-0.39, 0.29) is 11.9 Å². The molecular formula is C11H13BrN2O. The number of halogens is 1. The van der Waals surface area contributed by atoms with E-state index in [9.17, 15) is 4.79 Å². The summed E-state index contributed by atoms with van der Waals surface area (Å²) in [5.41, 5.74) is 1.09. The molecule has 0 bridgehead atoms. The number of carbonyl (C=O) groups is 1. The molecule has 0 aliphatic carbocycles. The molecule has 0 saturated carbocycles. The minimum Gasteiger partial charge on any atom is -0.335 e. The van der Waals surface area contributed by atoms with Crippen LogP contribution in [0.2, 0.25) is 0 Å². The smallest absolute Gasteiger partial charge is 0.224 e. The molecule has 0 radical (unpaired) electrons. The lowest BCUT2D eigenvalue weighted by molar-refractivity contribution is -0.129. The van der Waals surface area contributed by atoms with Crippen molar-refractivity contribution in [3.63, 3.8) is 0 Å². The Hall–Kier alpha value is -0.900. The molecule has 2 heterocycles. The van der Waals surface area contributed by atoms with Crippen molar-refractivity contribution in [3.8, 4) is 0 Å². The molecule has 1 aliphatic rings. The lowest BCUT2D eigenvalue weighted by Crippen LogP contribution is -2.28. The van der Waals surface area contributed by atoms with Crippen molar-refractivity contribution >= 4 is 21.8 Å². The summed E-state index contributed by atoms with van der Waals surface area (Å²) >= 11 is 3.48. The van der Waals surface area contributed by atoms with Gasteiger partial charge in [0.15, 0.2) is 0 Å². The van der Waals surface area contributed by atoms with Crippen molar-refractivity contribution < 1.29 is 4.79 Å². The number of rotatable bonds is 2. The molecule has 4 heteroatoms. The third kappa shape index (κ3) is 2.20. The van der Waals surface area contributed by atoms with Crippen LogP contribution >= 0.6 is 15.9 Å². The van der Waals surface area contributed by atoms with Crippen molar-refractivity contribution in [1.29, 1.82) is 0 Å². The Labute approximate surface area is 97.6 Å². The van der Waals surface area contributed by atoms with Gasteiger partial charge >= 0.3 is 0 Å². The fourth-order valence-electron chi connectivity index (χ4n) is 1.86. The Morgan fingerprint density at radius 2 is 2.47 bits per heavy atom. The van der Waals surface area contributed by atoms with Gasteiger partial charge in [-0.2, -0.15) is 0 Å². The van der Waals surface area contributed by atoms with Gasteiger partial charge < -0.3 is 4.90 Å². The summed E-state index contributed by atoms with van der Waals surface area (Å²) in [4.78, 5) is 17.9. The third-order valence-electron chi connectivity index (χ3n) is 2.75. The van der Waals surface area contributed by atoms with Crippen LogP contribution in [-0.4, -0.2) is 27.2 Å². The highest BCUT2D eigenvalue weighted by molar-refractivity contribution is 9.09. The Kier molecular flexibility index (Phi) is 3.05. The molecule has 1 fully saturated rings. The van der Waals surface area contributed by atoms with Crippen molar-refractivity contribution in [2.75, 3.05) is 6.54 Å². The van der Waals surface area contributed by atoms with Crippen LogP contribution in [0.15, 0.2) is 24.5 Å². The van der Waals surface area contributed by atoms with Gasteiger partial charge in [-0.1, -0.05) is 22.0 Å². The Morgan fingerprint density at radius 1 is 1.67 bits per heavy atom. The summed E-state index contributed by atoms with van der Waals surface area (Å²) in [5.74, 6) is 0.216. The monoisotopic (exact) mass is 268 g/mol. The average molecular weight is 269 g/mol. The van der Waals surface area contributed by atoms with Crippen molar-refractivity contribution in [2.45, 2.75) is 24.2 Å². The predicted molar refractivity (Wildman–Crippen MR) is 61.7 cm³/mol. The highest BCUT2D eigenvalue weighted by Gasteiger charge is 2.31. The summed E-state index contributed by atoms with van der Waals surface area (Å²) in [6, 6.07) is 4.03. The largest absolute Gasteiger partial charge is 0.335 e. The highest BCUT2D eigenvalue weighted by Crippen LogP contribution is 2.27. The van der Waals surface area contributed by atoms with Gasteiger partial charge in [0, 0.05) is 30.2 Å². The fourth-order valence-corrected chi connectivity index (χ4v) is 2.45. The number of alkyl halides is 1. The second-order valence-electron chi connectivity index (χ2n) is 3.81. The van der Waals surface area contributed by atoms with E-state index < -0.39 is 0 Å². The molecule has 2 atom stereocenters. The van der Waals surface area contributed by atoms with E-state index >= 15 is 0 Å². The minimum absolute atomic E-state index is 0.119. The zero-order valence-corrected chi connectivity index (χ0v) is 10.1. The quantitative estimate of drug-likeness (QED) is 0.771. The number of hydrogen-bond acceptors (Lipinski definition) is 2. The second-order valence-corrected chi connectivity index (χ2v) is 5.10.